The fourth-order valence-corrected chi connectivity index (χ4v) is 2.13. The molecule has 1 amide bonds. The van der Waals surface area contributed by atoms with Crippen LogP contribution in [0.2, 0.25) is 0 Å². The van der Waals surface area contributed by atoms with Gasteiger partial charge in [-0.15, -0.1) is 0 Å². The number of rotatable bonds is 3. The third kappa shape index (κ3) is 3.54. The molecule has 0 unspecified atom stereocenters. The predicted octanol–water partition coefficient (Wildman–Crippen LogP) is 0.967. The highest BCUT2D eigenvalue weighted by molar-refractivity contribution is 5.92. The minimum absolute atomic E-state index is 0.0321. The average Bonchev–Trinajstić information content (AvgIpc) is 2.63. The summed E-state index contributed by atoms with van der Waals surface area (Å²) < 4.78 is 0. The number of hydrogen-bond donors (Lipinski definition) is 2. The van der Waals surface area contributed by atoms with Crippen molar-refractivity contribution in [3.05, 3.63) is 29.8 Å². The van der Waals surface area contributed by atoms with Gasteiger partial charge in [-0.05, 0) is 31.0 Å². The Morgan fingerprint density at radius 3 is 3.06 bits per heavy atom. The standard InChI is InChI=1S/C13H19N3O/c1-10-3-2-4-12(7-10)15-13(17)9-16-6-5-11(14)8-16/h2-4,7,11H,5-6,8-9,14H2,1H3,(H,15,17)/t11-/m1/s1. The van der Waals surface area contributed by atoms with Gasteiger partial charge in [0.1, 0.15) is 0 Å². The molecule has 0 saturated carbocycles. The van der Waals surface area contributed by atoms with Crippen molar-refractivity contribution in [2.24, 2.45) is 5.73 Å². The lowest BCUT2D eigenvalue weighted by atomic mass is 10.2. The molecule has 92 valence electrons. The normalized spacial score (nSPS) is 20.5. The van der Waals surface area contributed by atoms with Gasteiger partial charge in [0.15, 0.2) is 0 Å². The first-order chi connectivity index (χ1) is 8.13. The molecule has 0 radical (unpaired) electrons. The molecular formula is C13H19N3O. The molecule has 1 fully saturated rings. The van der Waals surface area contributed by atoms with Crippen LogP contribution < -0.4 is 11.1 Å². The lowest BCUT2D eigenvalue weighted by Crippen LogP contribution is -2.33. The molecule has 1 heterocycles. The van der Waals surface area contributed by atoms with Gasteiger partial charge in [0.2, 0.25) is 5.91 Å². The average molecular weight is 233 g/mol. The Bertz CT molecular complexity index is 405. The highest BCUT2D eigenvalue weighted by Crippen LogP contribution is 2.10. The van der Waals surface area contributed by atoms with Gasteiger partial charge >= 0.3 is 0 Å². The zero-order valence-corrected chi connectivity index (χ0v) is 10.1. The molecule has 4 nitrogen and oxygen atoms in total. The van der Waals surface area contributed by atoms with Crippen molar-refractivity contribution >= 4 is 11.6 Å². The number of carbonyl (C=O) groups is 1. The first kappa shape index (κ1) is 12.1. The molecule has 1 aliphatic rings. The van der Waals surface area contributed by atoms with Gasteiger partial charge in [0.25, 0.3) is 0 Å². The Kier molecular flexibility index (Phi) is 3.76. The minimum Gasteiger partial charge on any atom is -0.326 e. The Labute approximate surface area is 102 Å². The summed E-state index contributed by atoms with van der Waals surface area (Å²) in [4.78, 5) is 13.9. The van der Waals surface area contributed by atoms with Crippen molar-refractivity contribution in [3.8, 4) is 0 Å². The summed E-state index contributed by atoms with van der Waals surface area (Å²) in [6.07, 6.45) is 0.984. The number of benzene rings is 1. The third-order valence-electron chi connectivity index (χ3n) is 2.98. The Morgan fingerprint density at radius 1 is 1.59 bits per heavy atom. The van der Waals surface area contributed by atoms with E-state index in [1.165, 1.54) is 0 Å². The van der Waals surface area contributed by atoms with Gasteiger partial charge in [-0.3, -0.25) is 9.69 Å². The zero-order valence-electron chi connectivity index (χ0n) is 10.1. The van der Waals surface area contributed by atoms with Crippen molar-refractivity contribution in [3.63, 3.8) is 0 Å². The fraction of sp³-hybridized carbons (Fsp3) is 0.462. The first-order valence-corrected chi connectivity index (χ1v) is 5.98. The van der Waals surface area contributed by atoms with Crippen LogP contribution in [0.5, 0.6) is 0 Å². The zero-order chi connectivity index (χ0) is 12.3. The molecule has 1 aliphatic heterocycles. The molecule has 0 spiro atoms. The van der Waals surface area contributed by atoms with Gasteiger partial charge in [0, 0.05) is 24.8 Å². The maximum Gasteiger partial charge on any atom is 0.238 e. The number of anilines is 1. The van der Waals surface area contributed by atoms with E-state index in [1.54, 1.807) is 0 Å². The van der Waals surface area contributed by atoms with Crippen molar-refractivity contribution in [2.75, 3.05) is 25.0 Å². The van der Waals surface area contributed by atoms with E-state index in [0.717, 1.165) is 30.8 Å². The smallest absolute Gasteiger partial charge is 0.238 e. The maximum atomic E-state index is 11.8. The molecule has 0 bridgehead atoms. The second-order valence-electron chi connectivity index (χ2n) is 4.70. The fourth-order valence-electron chi connectivity index (χ4n) is 2.13. The van der Waals surface area contributed by atoms with Crippen LogP contribution in [0.15, 0.2) is 24.3 Å². The van der Waals surface area contributed by atoms with Crippen LogP contribution in [0, 0.1) is 6.92 Å². The van der Waals surface area contributed by atoms with Gasteiger partial charge in [-0.1, -0.05) is 12.1 Å². The van der Waals surface area contributed by atoms with E-state index in [1.807, 2.05) is 31.2 Å². The van der Waals surface area contributed by atoms with Gasteiger partial charge in [-0.2, -0.15) is 0 Å². The molecule has 3 N–H and O–H groups in total. The van der Waals surface area contributed by atoms with Crippen LogP contribution in [0.25, 0.3) is 0 Å². The maximum absolute atomic E-state index is 11.8. The summed E-state index contributed by atoms with van der Waals surface area (Å²) in [7, 11) is 0. The van der Waals surface area contributed by atoms with Crippen LogP contribution in [0.1, 0.15) is 12.0 Å². The SMILES string of the molecule is Cc1cccc(NC(=O)CN2CC[C@@H](N)C2)c1. The van der Waals surface area contributed by atoms with Gasteiger partial charge in [-0.25, -0.2) is 0 Å². The molecule has 0 aromatic heterocycles. The molecule has 1 saturated heterocycles. The summed E-state index contributed by atoms with van der Waals surface area (Å²) in [6.45, 7) is 4.18. The second kappa shape index (κ2) is 5.29. The lowest BCUT2D eigenvalue weighted by molar-refractivity contribution is -0.117. The topological polar surface area (TPSA) is 58.4 Å². The molecule has 2 rings (SSSR count). The van der Waals surface area contributed by atoms with E-state index >= 15 is 0 Å². The van der Waals surface area contributed by atoms with Crippen molar-refractivity contribution < 1.29 is 4.79 Å². The van der Waals surface area contributed by atoms with E-state index in [-0.39, 0.29) is 11.9 Å². The van der Waals surface area contributed by atoms with Crippen molar-refractivity contribution in [1.29, 1.82) is 0 Å². The summed E-state index contributed by atoms with van der Waals surface area (Å²) in [5.41, 5.74) is 7.80. The molecule has 1 atom stereocenters. The van der Waals surface area contributed by atoms with E-state index in [4.69, 9.17) is 5.73 Å². The van der Waals surface area contributed by atoms with Crippen molar-refractivity contribution in [1.82, 2.24) is 4.90 Å². The number of nitrogens with zero attached hydrogens (tertiary/aromatic N) is 1. The molecule has 0 aliphatic carbocycles. The first-order valence-electron chi connectivity index (χ1n) is 5.98. The van der Waals surface area contributed by atoms with Gasteiger partial charge in [0.05, 0.1) is 6.54 Å². The number of aryl methyl sites for hydroxylation is 1. The Balaban J connectivity index is 1.85. The molecule has 4 heteroatoms. The van der Waals surface area contributed by atoms with Gasteiger partial charge < -0.3 is 11.1 Å². The summed E-state index contributed by atoms with van der Waals surface area (Å²) >= 11 is 0. The molecule has 1 aromatic rings. The van der Waals surface area contributed by atoms with E-state index in [9.17, 15) is 4.79 Å². The molecular weight excluding hydrogens is 214 g/mol. The van der Waals surface area contributed by atoms with Crippen LogP contribution in [-0.4, -0.2) is 36.5 Å². The van der Waals surface area contributed by atoms with Crippen LogP contribution in [0.4, 0.5) is 5.69 Å². The highest BCUT2D eigenvalue weighted by Gasteiger charge is 2.20. The number of hydrogen-bond acceptors (Lipinski definition) is 3. The van der Waals surface area contributed by atoms with Crippen LogP contribution in [0.3, 0.4) is 0 Å². The predicted molar refractivity (Wildman–Crippen MR) is 68.8 cm³/mol. The molecule has 1 aromatic carbocycles. The minimum atomic E-state index is 0.0321. The Morgan fingerprint density at radius 2 is 2.41 bits per heavy atom. The van der Waals surface area contributed by atoms with E-state index in [0.29, 0.717) is 6.54 Å². The number of carbonyl (C=O) groups excluding carboxylic acids is 1. The number of nitrogens with one attached hydrogen (secondary N) is 1. The van der Waals surface area contributed by atoms with Crippen LogP contribution >= 0.6 is 0 Å². The number of likely N-dealkylation sites (tertiary alicyclic amines) is 1. The van der Waals surface area contributed by atoms with Crippen LogP contribution in [-0.2, 0) is 4.79 Å². The highest BCUT2D eigenvalue weighted by atomic mass is 16.2. The summed E-state index contributed by atoms with van der Waals surface area (Å²) in [5.74, 6) is 0.0321. The summed E-state index contributed by atoms with van der Waals surface area (Å²) in [6, 6.07) is 8.04. The summed E-state index contributed by atoms with van der Waals surface area (Å²) in [5, 5.41) is 2.90. The number of amides is 1. The number of nitrogens with two attached hydrogens (primary N) is 1. The monoisotopic (exact) mass is 233 g/mol. The second-order valence-corrected chi connectivity index (χ2v) is 4.70. The van der Waals surface area contributed by atoms with Crippen molar-refractivity contribution in [2.45, 2.75) is 19.4 Å². The third-order valence-corrected chi connectivity index (χ3v) is 2.98. The van der Waals surface area contributed by atoms with E-state index < -0.39 is 0 Å². The Hall–Kier alpha value is -1.39. The molecule has 17 heavy (non-hydrogen) atoms. The van der Waals surface area contributed by atoms with E-state index in [2.05, 4.69) is 10.2 Å². The largest absolute Gasteiger partial charge is 0.326 e. The quantitative estimate of drug-likeness (QED) is 0.817. The lowest BCUT2D eigenvalue weighted by Gasteiger charge is -2.14.